The summed E-state index contributed by atoms with van der Waals surface area (Å²) in [5.74, 6) is -2.20. The molecule has 0 radical (unpaired) electrons. The van der Waals surface area contributed by atoms with E-state index < -0.39 is 11.3 Å². The van der Waals surface area contributed by atoms with Crippen molar-refractivity contribution in [3.05, 3.63) is 0 Å². The van der Waals surface area contributed by atoms with Crippen molar-refractivity contribution in [2.75, 3.05) is 39.8 Å². The standard InChI is InChI=1S/C23H37F2N3O3/c1-16(2)22(20(30)27(3)12-17-4-8-23(24,25)9-5-17)14-28(15-22)19(29)18-6-7-21(13-26-18)10-11-31-21/h16-18,26H,4-15H2,1-3H3/t18-,21+/m0/s1. The van der Waals surface area contributed by atoms with Crippen molar-refractivity contribution in [3.63, 3.8) is 0 Å². The van der Waals surface area contributed by atoms with Crippen LogP contribution in [0.25, 0.3) is 0 Å². The first-order valence-electron chi connectivity index (χ1n) is 11.9. The van der Waals surface area contributed by atoms with Crippen molar-refractivity contribution in [1.29, 1.82) is 0 Å². The summed E-state index contributed by atoms with van der Waals surface area (Å²) in [6.07, 6.45) is 3.48. The first kappa shape index (κ1) is 22.9. The average molecular weight is 442 g/mol. The van der Waals surface area contributed by atoms with Crippen LogP contribution in [-0.2, 0) is 14.3 Å². The van der Waals surface area contributed by atoms with E-state index in [4.69, 9.17) is 4.74 Å². The molecular formula is C23H37F2N3O3. The number of carbonyl (C=O) groups is 2. The number of alkyl halides is 2. The van der Waals surface area contributed by atoms with Gasteiger partial charge in [0.25, 0.3) is 0 Å². The number of carbonyl (C=O) groups excluding carboxylic acids is 2. The predicted octanol–water partition coefficient (Wildman–Crippen LogP) is 2.67. The van der Waals surface area contributed by atoms with E-state index >= 15 is 0 Å². The lowest BCUT2D eigenvalue weighted by Crippen LogP contribution is -2.70. The van der Waals surface area contributed by atoms with Gasteiger partial charge >= 0.3 is 0 Å². The fourth-order valence-electron chi connectivity index (χ4n) is 5.74. The third kappa shape index (κ3) is 4.34. The summed E-state index contributed by atoms with van der Waals surface area (Å²) in [6, 6.07) is -0.197. The Morgan fingerprint density at radius 2 is 1.77 bits per heavy atom. The Kier molecular flexibility index (Phi) is 6.09. The molecule has 8 heteroatoms. The minimum atomic E-state index is -2.55. The molecule has 0 aromatic carbocycles. The highest BCUT2D eigenvalue weighted by molar-refractivity contribution is 5.89. The number of ether oxygens (including phenoxy) is 1. The molecule has 6 nitrogen and oxygen atoms in total. The van der Waals surface area contributed by atoms with Crippen LogP contribution in [0.1, 0.15) is 58.8 Å². The van der Waals surface area contributed by atoms with Gasteiger partial charge in [-0.3, -0.25) is 9.59 Å². The van der Waals surface area contributed by atoms with Crippen LogP contribution in [0.2, 0.25) is 0 Å². The quantitative estimate of drug-likeness (QED) is 0.713. The zero-order valence-corrected chi connectivity index (χ0v) is 19.1. The highest BCUT2D eigenvalue weighted by Gasteiger charge is 2.55. The van der Waals surface area contributed by atoms with Crippen LogP contribution in [0.4, 0.5) is 8.78 Å². The zero-order valence-electron chi connectivity index (χ0n) is 19.1. The van der Waals surface area contributed by atoms with Gasteiger partial charge in [0.1, 0.15) is 0 Å². The number of halogens is 2. The van der Waals surface area contributed by atoms with Gasteiger partial charge in [-0.2, -0.15) is 0 Å². The number of hydrogen-bond acceptors (Lipinski definition) is 4. The van der Waals surface area contributed by atoms with Gasteiger partial charge in [0.2, 0.25) is 17.7 Å². The van der Waals surface area contributed by atoms with E-state index in [1.165, 1.54) is 0 Å². The monoisotopic (exact) mass is 441 g/mol. The number of piperidine rings is 1. The summed E-state index contributed by atoms with van der Waals surface area (Å²) in [5, 5.41) is 3.36. The molecule has 31 heavy (non-hydrogen) atoms. The van der Waals surface area contributed by atoms with E-state index in [2.05, 4.69) is 5.32 Å². The van der Waals surface area contributed by atoms with Crippen molar-refractivity contribution in [3.8, 4) is 0 Å². The van der Waals surface area contributed by atoms with Crippen LogP contribution in [0.5, 0.6) is 0 Å². The number of hydrogen-bond donors (Lipinski definition) is 1. The van der Waals surface area contributed by atoms with Crippen LogP contribution in [-0.4, -0.2) is 79.0 Å². The van der Waals surface area contributed by atoms with Crippen molar-refractivity contribution in [1.82, 2.24) is 15.1 Å². The molecule has 1 saturated carbocycles. The Morgan fingerprint density at radius 1 is 1.13 bits per heavy atom. The third-order valence-corrected chi connectivity index (χ3v) is 8.33. The van der Waals surface area contributed by atoms with Crippen molar-refractivity contribution in [2.45, 2.75) is 76.4 Å². The summed E-state index contributed by atoms with van der Waals surface area (Å²) < 4.78 is 32.6. The van der Waals surface area contributed by atoms with Crippen molar-refractivity contribution < 1.29 is 23.1 Å². The smallest absolute Gasteiger partial charge is 0.248 e. The van der Waals surface area contributed by atoms with Crippen LogP contribution >= 0.6 is 0 Å². The highest BCUT2D eigenvalue weighted by Crippen LogP contribution is 2.42. The second kappa shape index (κ2) is 8.25. The van der Waals surface area contributed by atoms with E-state index in [1.54, 1.807) is 11.9 Å². The van der Waals surface area contributed by atoms with Gasteiger partial charge in [-0.15, -0.1) is 0 Å². The Balaban J connectivity index is 1.30. The first-order valence-corrected chi connectivity index (χ1v) is 11.9. The number of nitrogens with zero attached hydrogens (tertiary/aromatic N) is 2. The Bertz CT molecular complexity index is 684. The number of nitrogens with one attached hydrogen (secondary N) is 1. The summed E-state index contributed by atoms with van der Waals surface area (Å²) in [5.41, 5.74) is -0.634. The van der Waals surface area contributed by atoms with E-state index in [1.807, 2.05) is 18.7 Å². The molecule has 1 aliphatic carbocycles. The molecule has 3 saturated heterocycles. The van der Waals surface area contributed by atoms with Gasteiger partial charge < -0.3 is 19.9 Å². The second-order valence-corrected chi connectivity index (χ2v) is 10.7. The minimum Gasteiger partial charge on any atom is -0.373 e. The lowest BCUT2D eigenvalue weighted by Gasteiger charge is -2.54. The molecule has 0 aromatic rings. The summed E-state index contributed by atoms with van der Waals surface area (Å²) >= 11 is 0. The van der Waals surface area contributed by atoms with E-state index in [-0.39, 0.29) is 48.1 Å². The number of rotatable bonds is 5. The van der Waals surface area contributed by atoms with Crippen molar-refractivity contribution in [2.24, 2.45) is 17.3 Å². The van der Waals surface area contributed by atoms with E-state index in [0.717, 1.165) is 25.9 Å². The maximum absolute atomic E-state index is 13.4. The molecule has 1 spiro atoms. The average Bonchev–Trinajstić information content (AvgIpc) is 2.67. The molecule has 4 rings (SSSR count). The van der Waals surface area contributed by atoms with Gasteiger partial charge in [-0.05, 0) is 37.5 Å². The molecule has 176 valence electrons. The van der Waals surface area contributed by atoms with Gasteiger partial charge in [0.05, 0.1) is 23.7 Å². The first-order chi connectivity index (χ1) is 14.6. The molecule has 3 aliphatic heterocycles. The SMILES string of the molecule is CC(C)C1(C(=O)N(C)CC2CCC(F)(F)CC2)CN(C(=O)[C@@H]2CC[C@@]3(CCO3)CN2)C1. The lowest BCUT2D eigenvalue weighted by atomic mass is 9.69. The summed E-state index contributed by atoms with van der Waals surface area (Å²) in [4.78, 5) is 29.9. The molecule has 0 bridgehead atoms. The molecule has 0 aromatic heterocycles. The maximum Gasteiger partial charge on any atom is 0.248 e. The van der Waals surface area contributed by atoms with Crippen LogP contribution < -0.4 is 5.32 Å². The Labute approximate surface area is 184 Å². The van der Waals surface area contributed by atoms with Crippen LogP contribution in [0.3, 0.4) is 0 Å². The van der Waals surface area contributed by atoms with E-state index in [0.29, 0.717) is 39.0 Å². The van der Waals surface area contributed by atoms with Gasteiger partial charge in [0.15, 0.2) is 0 Å². The Morgan fingerprint density at radius 3 is 2.26 bits per heavy atom. The Hall–Kier alpha value is -1.28. The third-order valence-electron chi connectivity index (χ3n) is 8.33. The predicted molar refractivity (Wildman–Crippen MR) is 113 cm³/mol. The molecule has 4 fully saturated rings. The highest BCUT2D eigenvalue weighted by atomic mass is 19.3. The maximum atomic E-state index is 13.4. The summed E-state index contributed by atoms with van der Waals surface area (Å²) in [7, 11) is 1.78. The lowest BCUT2D eigenvalue weighted by molar-refractivity contribution is -0.173. The van der Waals surface area contributed by atoms with Gasteiger partial charge in [-0.25, -0.2) is 8.78 Å². The topological polar surface area (TPSA) is 61.9 Å². The molecule has 3 heterocycles. The number of likely N-dealkylation sites (tertiary alicyclic amines) is 1. The fourth-order valence-corrected chi connectivity index (χ4v) is 5.74. The van der Waals surface area contributed by atoms with E-state index in [9.17, 15) is 18.4 Å². The van der Waals surface area contributed by atoms with Gasteiger partial charge in [0, 0.05) is 52.5 Å². The minimum absolute atomic E-state index is 0.0438. The summed E-state index contributed by atoms with van der Waals surface area (Å²) in [6.45, 7) is 6.99. The second-order valence-electron chi connectivity index (χ2n) is 10.7. The molecule has 1 N–H and O–H groups in total. The molecule has 4 aliphatic rings. The van der Waals surface area contributed by atoms with Crippen LogP contribution in [0, 0.1) is 17.3 Å². The fraction of sp³-hybridized carbons (Fsp3) is 0.913. The zero-order chi connectivity index (χ0) is 22.4. The molecule has 2 atom stereocenters. The normalized spacial score (nSPS) is 32.5. The molecular weight excluding hydrogens is 404 g/mol. The van der Waals surface area contributed by atoms with Crippen molar-refractivity contribution >= 4 is 11.8 Å². The number of amides is 2. The van der Waals surface area contributed by atoms with Crippen LogP contribution in [0.15, 0.2) is 0 Å². The van der Waals surface area contributed by atoms with Gasteiger partial charge in [-0.1, -0.05) is 13.8 Å². The molecule has 0 unspecified atom stereocenters. The molecule has 2 amide bonds. The largest absolute Gasteiger partial charge is 0.373 e.